The summed E-state index contributed by atoms with van der Waals surface area (Å²) in [7, 11) is 1.87. The van der Waals surface area contributed by atoms with E-state index in [1.54, 1.807) is 11.0 Å². The Bertz CT molecular complexity index is 906. The lowest BCUT2D eigenvalue weighted by Gasteiger charge is -2.12. The van der Waals surface area contributed by atoms with Crippen molar-refractivity contribution < 1.29 is 4.74 Å². The Kier molecular flexibility index (Phi) is 7.77. The smallest absolute Gasteiger partial charge is 0.191 e. The van der Waals surface area contributed by atoms with Gasteiger partial charge in [-0.05, 0) is 23.6 Å². The molecule has 0 amide bonds. The summed E-state index contributed by atoms with van der Waals surface area (Å²) in [6.45, 7) is 5.12. The van der Waals surface area contributed by atoms with Crippen molar-refractivity contribution in [3.8, 4) is 0 Å². The van der Waals surface area contributed by atoms with E-state index < -0.39 is 0 Å². The van der Waals surface area contributed by atoms with Gasteiger partial charge in [0.2, 0.25) is 0 Å². The van der Waals surface area contributed by atoms with Crippen LogP contribution in [0.4, 0.5) is 0 Å². The van der Waals surface area contributed by atoms with Crippen LogP contribution in [0.2, 0.25) is 0 Å². The van der Waals surface area contributed by atoms with E-state index in [4.69, 9.17) is 9.73 Å². The van der Waals surface area contributed by atoms with E-state index >= 15 is 0 Å². The normalized spacial score (nSPS) is 11.4. The molecule has 0 atom stereocenters. The Labute approximate surface area is 171 Å². The van der Waals surface area contributed by atoms with E-state index in [-0.39, 0.29) is 0 Å². The van der Waals surface area contributed by atoms with E-state index in [1.807, 2.05) is 44.3 Å². The molecule has 3 aromatic rings. The Balaban J connectivity index is 1.59. The van der Waals surface area contributed by atoms with Gasteiger partial charge in [-0.1, -0.05) is 54.6 Å². The largest absolute Gasteiger partial charge is 0.372 e. The van der Waals surface area contributed by atoms with Crippen molar-refractivity contribution in [2.75, 3.05) is 6.54 Å². The molecule has 0 radical (unpaired) electrons. The number of rotatable bonds is 9. The lowest BCUT2D eigenvalue weighted by atomic mass is 10.1. The van der Waals surface area contributed by atoms with Gasteiger partial charge in [0.15, 0.2) is 5.96 Å². The predicted molar refractivity (Wildman–Crippen MR) is 114 cm³/mol. The zero-order valence-corrected chi connectivity index (χ0v) is 17.0. The number of aryl methyl sites for hydroxylation is 1. The molecule has 0 unspecified atom stereocenters. The zero-order chi connectivity index (χ0) is 20.3. The minimum absolute atomic E-state index is 0.559. The van der Waals surface area contributed by atoms with Gasteiger partial charge >= 0.3 is 0 Å². The summed E-state index contributed by atoms with van der Waals surface area (Å²) in [6.07, 6.45) is 1.55. The van der Waals surface area contributed by atoms with Crippen LogP contribution < -0.4 is 10.6 Å². The van der Waals surface area contributed by atoms with Crippen LogP contribution in [0.25, 0.3) is 0 Å². The number of nitrogens with one attached hydrogen (secondary N) is 2. The van der Waals surface area contributed by atoms with Crippen LogP contribution in [0.15, 0.2) is 65.9 Å². The van der Waals surface area contributed by atoms with Gasteiger partial charge in [-0.25, -0.2) is 9.98 Å². The molecule has 1 aromatic heterocycles. The summed E-state index contributed by atoms with van der Waals surface area (Å²) in [5.74, 6) is 1.60. The van der Waals surface area contributed by atoms with Crippen molar-refractivity contribution >= 4 is 5.96 Å². The number of aromatic nitrogens is 3. The molecule has 29 heavy (non-hydrogen) atoms. The van der Waals surface area contributed by atoms with Crippen LogP contribution in [0, 0.1) is 0 Å². The lowest BCUT2D eigenvalue weighted by Crippen LogP contribution is -2.37. The van der Waals surface area contributed by atoms with Crippen molar-refractivity contribution in [3.63, 3.8) is 0 Å². The fourth-order valence-corrected chi connectivity index (χ4v) is 2.85. The first-order valence-corrected chi connectivity index (χ1v) is 9.79. The zero-order valence-electron chi connectivity index (χ0n) is 17.0. The summed E-state index contributed by atoms with van der Waals surface area (Å²) in [5, 5.41) is 10.7. The van der Waals surface area contributed by atoms with Crippen LogP contribution in [0.5, 0.6) is 0 Å². The Morgan fingerprint density at radius 1 is 1.00 bits per heavy atom. The first-order valence-electron chi connectivity index (χ1n) is 9.79. The monoisotopic (exact) mass is 392 g/mol. The molecule has 0 aliphatic heterocycles. The molecule has 7 nitrogen and oxygen atoms in total. The minimum atomic E-state index is 0.559. The van der Waals surface area contributed by atoms with E-state index in [1.165, 1.54) is 5.56 Å². The quantitative estimate of drug-likeness (QED) is 0.433. The van der Waals surface area contributed by atoms with Gasteiger partial charge in [0.05, 0.1) is 26.3 Å². The number of benzene rings is 2. The Hall–Kier alpha value is -3.19. The molecule has 0 aliphatic carbocycles. The number of nitrogens with zero attached hydrogens (tertiary/aromatic N) is 4. The maximum absolute atomic E-state index is 5.91. The third-order valence-corrected chi connectivity index (χ3v) is 4.46. The maximum Gasteiger partial charge on any atom is 0.191 e. The predicted octanol–water partition coefficient (Wildman–Crippen LogP) is 2.79. The highest BCUT2D eigenvalue weighted by Gasteiger charge is 2.05. The fraction of sp³-hybridized carbons (Fsp3) is 0.318. The van der Waals surface area contributed by atoms with E-state index in [2.05, 4.69) is 45.0 Å². The van der Waals surface area contributed by atoms with Gasteiger partial charge in [0.25, 0.3) is 0 Å². The van der Waals surface area contributed by atoms with Crippen molar-refractivity contribution in [1.29, 1.82) is 0 Å². The SMILES string of the molecule is CCNC(=NCc1ccccc1COCc1ccccc1)NCc1ncnn1C. The number of ether oxygens (including phenoxy) is 1. The molecule has 2 aromatic carbocycles. The van der Waals surface area contributed by atoms with Gasteiger partial charge < -0.3 is 15.4 Å². The van der Waals surface area contributed by atoms with Crippen LogP contribution in [0.1, 0.15) is 29.4 Å². The number of hydrogen-bond donors (Lipinski definition) is 2. The average Bonchev–Trinajstić information content (AvgIpc) is 3.16. The topological polar surface area (TPSA) is 76.4 Å². The minimum Gasteiger partial charge on any atom is -0.372 e. The second kappa shape index (κ2) is 11.0. The van der Waals surface area contributed by atoms with E-state index in [9.17, 15) is 0 Å². The highest BCUT2D eigenvalue weighted by Crippen LogP contribution is 2.13. The third kappa shape index (κ3) is 6.43. The second-order valence-corrected chi connectivity index (χ2v) is 6.60. The number of guanidine groups is 1. The van der Waals surface area contributed by atoms with Gasteiger partial charge in [-0.15, -0.1) is 0 Å². The van der Waals surface area contributed by atoms with Gasteiger partial charge in [-0.2, -0.15) is 5.10 Å². The summed E-state index contributed by atoms with van der Waals surface area (Å²) in [6, 6.07) is 18.5. The van der Waals surface area contributed by atoms with Crippen molar-refractivity contribution in [1.82, 2.24) is 25.4 Å². The van der Waals surface area contributed by atoms with Crippen LogP contribution in [-0.4, -0.2) is 27.3 Å². The average molecular weight is 393 g/mol. The van der Waals surface area contributed by atoms with Gasteiger partial charge in [0.1, 0.15) is 12.2 Å². The van der Waals surface area contributed by atoms with E-state index in [0.717, 1.165) is 29.5 Å². The van der Waals surface area contributed by atoms with Gasteiger partial charge in [0, 0.05) is 13.6 Å². The lowest BCUT2D eigenvalue weighted by molar-refractivity contribution is 0.106. The van der Waals surface area contributed by atoms with Gasteiger partial charge in [-0.3, -0.25) is 4.68 Å². The highest BCUT2D eigenvalue weighted by atomic mass is 16.5. The molecule has 0 bridgehead atoms. The Morgan fingerprint density at radius 2 is 1.76 bits per heavy atom. The summed E-state index contributed by atoms with van der Waals surface area (Å²) in [4.78, 5) is 8.95. The highest BCUT2D eigenvalue weighted by molar-refractivity contribution is 5.79. The van der Waals surface area contributed by atoms with Crippen molar-refractivity contribution in [2.24, 2.45) is 12.0 Å². The molecule has 152 valence electrons. The second-order valence-electron chi connectivity index (χ2n) is 6.60. The molecule has 0 fully saturated rings. The van der Waals surface area contributed by atoms with E-state index in [0.29, 0.717) is 26.3 Å². The molecule has 7 heteroatoms. The molecule has 0 saturated carbocycles. The van der Waals surface area contributed by atoms with Crippen molar-refractivity contribution in [3.05, 3.63) is 83.4 Å². The molecule has 0 aliphatic rings. The number of hydrogen-bond acceptors (Lipinski definition) is 4. The molecular formula is C22H28N6O. The first kappa shape index (κ1) is 20.5. The fourth-order valence-electron chi connectivity index (χ4n) is 2.85. The Morgan fingerprint density at radius 3 is 2.48 bits per heavy atom. The maximum atomic E-state index is 5.91. The van der Waals surface area contributed by atoms with Crippen LogP contribution in [0.3, 0.4) is 0 Å². The summed E-state index contributed by atoms with van der Waals surface area (Å²) >= 11 is 0. The van der Waals surface area contributed by atoms with Crippen molar-refractivity contribution in [2.45, 2.75) is 33.2 Å². The van der Waals surface area contributed by atoms with Crippen LogP contribution >= 0.6 is 0 Å². The molecule has 0 spiro atoms. The summed E-state index contributed by atoms with van der Waals surface area (Å²) in [5.41, 5.74) is 3.47. The molecule has 1 heterocycles. The molecule has 2 N–H and O–H groups in total. The molecule has 0 saturated heterocycles. The first-order chi connectivity index (χ1) is 14.3. The summed E-state index contributed by atoms with van der Waals surface area (Å²) < 4.78 is 7.66. The van der Waals surface area contributed by atoms with Crippen LogP contribution in [-0.2, 0) is 38.1 Å². The molecule has 3 rings (SSSR count). The standard InChI is InChI=1S/C22H28N6O/c1-3-23-22(25-14-21-26-17-27-28(21)2)24-13-19-11-7-8-12-20(19)16-29-15-18-9-5-4-6-10-18/h4-12,17H,3,13-16H2,1-2H3,(H2,23,24,25). The third-order valence-electron chi connectivity index (χ3n) is 4.46. The number of aliphatic imine (C=N–C) groups is 1. The molecular weight excluding hydrogens is 364 g/mol.